The van der Waals surface area contributed by atoms with E-state index in [9.17, 15) is 0 Å². The maximum Gasteiger partial charge on any atom is 0.0831 e. The molecule has 1 aromatic carbocycles. The molecule has 1 fully saturated rings. The zero-order valence-electron chi connectivity index (χ0n) is 13.4. The van der Waals surface area contributed by atoms with Gasteiger partial charge in [-0.15, -0.1) is 5.10 Å². The maximum absolute atomic E-state index is 4.21. The van der Waals surface area contributed by atoms with E-state index in [1.54, 1.807) is 6.20 Å². The summed E-state index contributed by atoms with van der Waals surface area (Å²) in [5.41, 5.74) is 2.40. The Kier molecular flexibility index (Phi) is 3.59. The van der Waals surface area contributed by atoms with Crippen molar-refractivity contribution in [1.82, 2.24) is 35.0 Å². The van der Waals surface area contributed by atoms with Crippen LogP contribution in [0.3, 0.4) is 0 Å². The van der Waals surface area contributed by atoms with Crippen molar-refractivity contribution in [2.45, 2.75) is 18.6 Å². The van der Waals surface area contributed by atoms with Crippen LogP contribution >= 0.6 is 0 Å². The van der Waals surface area contributed by atoms with Gasteiger partial charge in [0.25, 0.3) is 0 Å². The quantitative estimate of drug-likeness (QED) is 0.783. The Bertz CT molecular complexity index is 777. The number of hydrogen-bond acceptors (Lipinski definition) is 5. The van der Waals surface area contributed by atoms with Gasteiger partial charge < -0.3 is 4.90 Å². The van der Waals surface area contributed by atoms with Gasteiger partial charge in [0.15, 0.2) is 0 Å². The molecular weight excluding hydrogens is 290 g/mol. The molecule has 0 amide bonds. The molecular formula is C16H21N7. The lowest BCUT2D eigenvalue weighted by molar-refractivity contribution is 0.237. The maximum atomic E-state index is 4.21. The third-order valence-electron chi connectivity index (χ3n) is 4.69. The summed E-state index contributed by atoms with van der Waals surface area (Å²) >= 11 is 0. The number of hydrogen-bond donors (Lipinski definition) is 1. The molecule has 1 saturated heterocycles. The van der Waals surface area contributed by atoms with Gasteiger partial charge in [-0.3, -0.25) is 10.00 Å². The first kappa shape index (κ1) is 14.3. The van der Waals surface area contributed by atoms with Crippen LogP contribution in [0.4, 0.5) is 0 Å². The van der Waals surface area contributed by atoms with Crippen LogP contribution in [0.25, 0.3) is 10.9 Å². The van der Waals surface area contributed by atoms with Gasteiger partial charge in [-0.2, -0.15) is 5.10 Å². The van der Waals surface area contributed by atoms with Crippen molar-refractivity contribution >= 4 is 10.9 Å². The van der Waals surface area contributed by atoms with Crippen molar-refractivity contribution in [1.29, 1.82) is 0 Å². The van der Waals surface area contributed by atoms with Crippen LogP contribution in [0.2, 0.25) is 0 Å². The average Bonchev–Trinajstić information content (AvgIpc) is 3.26. The molecule has 0 spiro atoms. The minimum absolute atomic E-state index is 0.336. The summed E-state index contributed by atoms with van der Waals surface area (Å²) in [6, 6.07) is 7.28. The van der Waals surface area contributed by atoms with Crippen LogP contribution in [0.1, 0.15) is 11.6 Å². The second kappa shape index (κ2) is 5.75. The predicted molar refractivity (Wildman–Crippen MR) is 87.9 cm³/mol. The molecule has 0 saturated carbocycles. The Labute approximate surface area is 134 Å². The summed E-state index contributed by atoms with van der Waals surface area (Å²) in [6.07, 6.45) is 5.57. The average molecular weight is 311 g/mol. The summed E-state index contributed by atoms with van der Waals surface area (Å²) in [5, 5.41) is 16.5. The Morgan fingerprint density at radius 1 is 1.30 bits per heavy atom. The molecule has 3 aromatic rings. The number of aromatic amines is 1. The first-order valence-corrected chi connectivity index (χ1v) is 7.87. The molecule has 7 heteroatoms. The van der Waals surface area contributed by atoms with Crippen molar-refractivity contribution in [3.8, 4) is 0 Å². The van der Waals surface area contributed by atoms with Crippen LogP contribution < -0.4 is 0 Å². The van der Waals surface area contributed by atoms with Crippen molar-refractivity contribution < 1.29 is 0 Å². The molecule has 4 rings (SSSR count). The lowest BCUT2D eigenvalue weighted by Crippen LogP contribution is -2.36. The molecule has 1 aliphatic rings. The van der Waals surface area contributed by atoms with E-state index in [1.807, 2.05) is 17.1 Å². The number of likely N-dealkylation sites (N-methyl/N-ethyl adjacent to an activating group) is 1. The van der Waals surface area contributed by atoms with Gasteiger partial charge in [0, 0.05) is 37.3 Å². The van der Waals surface area contributed by atoms with Crippen molar-refractivity contribution in [3.05, 3.63) is 42.4 Å². The molecule has 1 N–H and O–H groups in total. The van der Waals surface area contributed by atoms with E-state index in [-0.39, 0.29) is 0 Å². The number of likely N-dealkylation sites (tertiary alicyclic amines) is 1. The summed E-state index contributed by atoms with van der Waals surface area (Å²) in [6.45, 7) is 2.94. The fourth-order valence-electron chi connectivity index (χ4n) is 3.48. The van der Waals surface area contributed by atoms with Gasteiger partial charge in [-0.25, -0.2) is 4.68 Å². The molecule has 1 aliphatic heterocycles. The summed E-state index contributed by atoms with van der Waals surface area (Å²) < 4.78 is 1.99. The van der Waals surface area contributed by atoms with Crippen LogP contribution in [0.5, 0.6) is 0 Å². The van der Waals surface area contributed by atoms with Gasteiger partial charge in [0.2, 0.25) is 0 Å². The number of aromatic nitrogens is 5. The Hall–Kier alpha value is -2.25. The summed E-state index contributed by atoms with van der Waals surface area (Å²) in [4.78, 5) is 4.76. The Morgan fingerprint density at radius 3 is 3.00 bits per heavy atom. The van der Waals surface area contributed by atoms with Crippen molar-refractivity contribution in [3.63, 3.8) is 0 Å². The van der Waals surface area contributed by atoms with E-state index >= 15 is 0 Å². The highest BCUT2D eigenvalue weighted by Gasteiger charge is 2.35. The van der Waals surface area contributed by atoms with Crippen LogP contribution in [-0.2, 0) is 6.54 Å². The zero-order chi connectivity index (χ0) is 15.8. The molecule has 0 radical (unpaired) electrons. The van der Waals surface area contributed by atoms with E-state index in [0.29, 0.717) is 12.1 Å². The molecule has 0 bridgehead atoms. The van der Waals surface area contributed by atoms with Crippen LogP contribution in [0.15, 0.2) is 36.8 Å². The van der Waals surface area contributed by atoms with E-state index < -0.39 is 0 Å². The fraction of sp³-hybridized carbons (Fsp3) is 0.438. The lowest BCUT2D eigenvalue weighted by Gasteiger charge is -2.24. The minimum Gasteiger partial charge on any atom is -0.303 e. The number of nitrogens with zero attached hydrogens (tertiary/aromatic N) is 6. The Balaban J connectivity index is 1.53. The summed E-state index contributed by atoms with van der Waals surface area (Å²) in [7, 11) is 4.27. The molecule has 2 aromatic heterocycles. The molecule has 3 heterocycles. The van der Waals surface area contributed by atoms with Gasteiger partial charge in [0.05, 0.1) is 24.0 Å². The molecule has 7 nitrogen and oxygen atoms in total. The minimum atomic E-state index is 0.336. The van der Waals surface area contributed by atoms with Gasteiger partial charge in [-0.1, -0.05) is 17.3 Å². The van der Waals surface area contributed by atoms with E-state index in [4.69, 9.17) is 0 Å². The monoisotopic (exact) mass is 311 g/mol. The number of rotatable bonds is 4. The van der Waals surface area contributed by atoms with E-state index in [2.05, 4.69) is 62.6 Å². The first-order chi connectivity index (χ1) is 11.2. The second-order valence-corrected chi connectivity index (χ2v) is 6.47. The fourth-order valence-corrected chi connectivity index (χ4v) is 3.48. The standard InChI is InChI=1S/C16H21N7/c1-21(2)15-10-22(11-16(15)23-6-5-17-20-23)9-12-3-4-13-8-18-19-14(13)7-12/h3-8,15-16H,9-11H2,1-2H3,(H,18,19)/t15-,16+/m1/s1. The first-order valence-electron chi connectivity index (χ1n) is 7.87. The van der Waals surface area contributed by atoms with Gasteiger partial charge in [0.1, 0.15) is 0 Å². The highest BCUT2D eigenvalue weighted by atomic mass is 15.5. The topological polar surface area (TPSA) is 65.9 Å². The molecule has 120 valence electrons. The molecule has 2 atom stereocenters. The third-order valence-corrected chi connectivity index (χ3v) is 4.69. The number of nitrogens with one attached hydrogen (secondary N) is 1. The highest BCUT2D eigenvalue weighted by molar-refractivity contribution is 5.78. The van der Waals surface area contributed by atoms with Crippen LogP contribution in [0, 0.1) is 0 Å². The van der Waals surface area contributed by atoms with Gasteiger partial charge in [-0.05, 0) is 25.7 Å². The lowest BCUT2D eigenvalue weighted by atomic mass is 10.1. The number of fused-ring (bicyclic) bond motifs is 1. The second-order valence-electron chi connectivity index (χ2n) is 6.47. The zero-order valence-corrected chi connectivity index (χ0v) is 13.4. The van der Waals surface area contributed by atoms with Gasteiger partial charge >= 0.3 is 0 Å². The molecule has 0 unspecified atom stereocenters. The molecule has 0 aliphatic carbocycles. The number of benzene rings is 1. The van der Waals surface area contributed by atoms with Crippen LogP contribution in [-0.4, -0.2) is 68.2 Å². The van der Waals surface area contributed by atoms with E-state index in [1.165, 1.54) is 5.56 Å². The predicted octanol–water partition coefficient (Wildman–Crippen LogP) is 1.14. The largest absolute Gasteiger partial charge is 0.303 e. The molecule has 23 heavy (non-hydrogen) atoms. The highest BCUT2D eigenvalue weighted by Crippen LogP contribution is 2.26. The van der Waals surface area contributed by atoms with E-state index in [0.717, 1.165) is 30.5 Å². The number of H-pyrrole nitrogens is 1. The summed E-state index contributed by atoms with van der Waals surface area (Å²) in [5.74, 6) is 0. The van der Waals surface area contributed by atoms with Crippen molar-refractivity contribution in [2.24, 2.45) is 0 Å². The third kappa shape index (κ3) is 2.73. The SMILES string of the molecule is CN(C)[C@@H]1CN(Cc2ccc3cn[nH]c3c2)C[C@@H]1n1ccnn1. The van der Waals surface area contributed by atoms with Crippen molar-refractivity contribution in [2.75, 3.05) is 27.2 Å². The smallest absolute Gasteiger partial charge is 0.0831 e. The normalized spacial score (nSPS) is 22.4. The Morgan fingerprint density at radius 2 is 2.22 bits per heavy atom.